The number of aromatic hydroxyl groups is 3. The first-order chi connectivity index (χ1) is 60.4. The molecule has 0 aliphatic carbocycles. The molecule has 0 radical (unpaired) electrons. The number of carboxylic acid groups (broad SMARTS) is 1. The van der Waals surface area contributed by atoms with Gasteiger partial charge in [0.1, 0.15) is 96.0 Å². The number of quaternary nitrogens is 1. The fourth-order valence-electron chi connectivity index (χ4n) is 15.9. The van der Waals surface area contributed by atoms with Crippen LogP contribution in [0.1, 0.15) is 169 Å². The van der Waals surface area contributed by atoms with Crippen LogP contribution in [0.5, 0.6) is 46.0 Å². The molecule has 12 rings (SSSR count). The molecular formula is C88H123Cl2N12O25+. The first kappa shape index (κ1) is 99.8. The van der Waals surface area contributed by atoms with Crippen LogP contribution >= 0.6 is 23.2 Å². The Labute approximate surface area is 747 Å². The molecule has 37 nitrogen and oxygen atoms in total. The van der Waals surface area contributed by atoms with E-state index in [0.29, 0.717) is 24.2 Å². The van der Waals surface area contributed by atoms with E-state index < -0.39 is 232 Å². The van der Waals surface area contributed by atoms with E-state index in [2.05, 4.69) is 60.1 Å². The van der Waals surface area contributed by atoms with Gasteiger partial charge in [-0.3, -0.25) is 33.6 Å². The third-order valence-corrected chi connectivity index (χ3v) is 23.6. The first-order valence-corrected chi connectivity index (χ1v) is 43.8. The lowest BCUT2D eigenvalue weighted by molar-refractivity contribution is -0.870. The number of ether oxygens (including phenoxy) is 8. The Balaban J connectivity index is 1.13. The number of halogens is 2. The fraction of sp³-hybridized carbons (Fsp3) is 0.568. The molecule has 2 fully saturated rings. The van der Waals surface area contributed by atoms with Crippen molar-refractivity contribution < 1.29 is 127 Å². The van der Waals surface area contributed by atoms with Crippen molar-refractivity contribution in [3.8, 4) is 57.1 Å². The van der Waals surface area contributed by atoms with E-state index in [1.54, 1.807) is 13.8 Å². The van der Waals surface area contributed by atoms with Gasteiger partial charge < -0.3 is 147 Å². The van der Waals surface area contributed by atoms with E-state index in [-0.39, 0.29) is 90.4 Å². The zero-order valence-corrected chi connectivity index (χ0v) is 74.4. The SMILES string of the molecule is CCCCCCCCCCNCCN[C@@]1(C)CC(O[C@H]2[C@@H](O)[C@@H](CO)OC[C@@H]2Oc2c3cc4cc2Oc2ccc(cc2Cl)[C@@H](O)[C@@H](NC(=O)[C@@H](CC(C)C)NC)C(=O)N[C@@H](CC(N)=O)C(=O)N[C@H]4C(=O)N[C@H]2C(=O)N[C@H](C(=O)N[C@H](C(=O)O)c4cc(O)c(CNCCOCCOCC[N+](C)(C)C)c(O)c4-c4cc2ccc4O)C(O)c2ccc(c(Cl)c2)O3)O[C@@H](C)[C@H]1O. The molecule has 21 N–H and O–H groups in total. The molecule has 698 valence electrons. The van der Waals surface area contributed by atoms with Gasteiger partial charge in [0.05, 0.1) is 101 Å². The number of benzene rings is 5. The number of aliphatic hydroxyl groups excluding tert-OH is 5. The highest BCUT2D eigenvalue weighted by molar-refractivity contribution is 6.32. The molecule has 7 aliphatic heterocycles. The lowest BCUT2D eigenvalue weighted by atomic mass is 9.85. The maximum Gasteiger partial charge on any atom is 0.330 e. The van der Waals surface area contributed by atoms with Gasteiger partial charge >= 0.3 is 5.97 Å². The summed E-state index contributed by atoms with van der Waals surface area (Å²) in [6, 6.07) is -0.725. The number of unbranched alkanes of at least 4 members (excludes halogenated alkanes) is 7. The van der Waals surface area contributed by atoms with Crippen LogP contribution in [0, 0.1) is 5.92 Å². The predicted octanol–water partition coefficient (Wildman–Crippen LogP) is 3.98. The van der Waals surface area contributed by atoms with Crippen LogP contribution in [-0.2, 0) is 68.6 Å². The van der Waals surface area contributed by atoms with Crippen molar-refractivity contribution in [1.82, 2.24) is 53.2 Å². The summed E-state index contributed by atoms with van der Waals surface area (Å²) >= 11 is 14.5. The van der Waals surface area contributed by atoms with E-state index in [1.807, 2.05) is 35.0 Å². The molecule has 2 saturated heterocycles. The van der Waals surface area contributed by atoms with Crippen molar-refractivity contribution in [2.75, 3.05) is 101 Å². The highest BCUT2D eigenvalue weighted by Crippen LogP contribution is 2.51. The molecule has 17 atom stereocenters. The number of nitrogens with one attached hydrogen (secondary N) is 10. The second-order valence-electron chi connectivity index (χ2n) is 34.3. The highest BCUT2D eigenvalue weighted by atomic mass is 35.5. The molecule has 0 saturated carbocycles. The van der Waals surface area contributed by atoms with Gasteiger partial charge in [0.15, 0.2) is 29.9 Å². The quantitative estimate of drug-likeness (QED) is 0.0197. The minimum atomic E-state index is -2.33. The Morgan fingerprint density at radius 1 is 0.685 bits per heavy atom. The third-order valence-electron chi connectivity index (χ3n) is 23.0. The zero-order chi connectivity index (χ0) is 92.3. The number of carboxylic acids is 1. The first-order valence-electron chi connectivity index (χ1n) is 43.0. The molecule has 5 aromatic rings. The number of aliphatic carboxylic acids is 1. The van der Waals surface area contributed by atoms with E-state index in [1.165, 1.54) is 69.5 Å². The summed E-state index contributed by atoms with van der Waals surface area (Å²) in [7, 11) is 7.57. The number of carbonyl (C=O) groups excluding carboxylic acids is 7. The lowest BCUT2D eigenvalue weighted by Gasteiger charge is -2.48. The van der Waals surface area contributed by atoms with Crippen molar-refractivity contribution in [2.24, 2.45) is 11.7 Å². The molecule has 5 aromatic carbocycles. The number of nitrogens with zero attached hydrogens (tertiary/aromatic N) is 1. The van der Waals surface area contributed by atoms with Gasteiger partial charge in [0.25, 0.3) is 0 Å². The average Bonchev–Trinajstić information content (AvgIpc) is 0.759. The summed E-state index contributed by atoms with van der Waals surface area (Å²) in [5.41, 5.74) is 1.78. The van der Waals surface area contributed by atoms with Gasteiger partial charge in [0.2, 0.25) is 47.1 Å². The van der Waals surface area contributed by atoms with Crippen molar-refractivity contribution in [3.05, 3.63) is 116 Å². The van der Waals surface area contributed by atoms with Crippen LogP contribution in [0.15, 0.2) is 72.8 Å². The maximum atomic E-state index is 16.5. The Kier molecular flexibility index (Phi) is 36.0. The van der Waals surface area contributed by atoms with Crippen molar-refractivity contribution in [2.45, 2.75) is 215 Å². The molecule has 0 spiro atoms. The number of carbonyl (C=O) groups is 8. The van der Waals surface area contributed by atoms with Gasteiger partial charge in [0, 0.05) is 54.8 Å². The minimum Gasteiger partial charge on any atom is -0.507 e. The molecular weight excluding hydrogens is 1700 g/mol. The van der Waals surface area contributed by atoms with E-state index in [9.17, 15) is 60.3 Å². The number of nitrogens with two attached hydrogens (primary N) is 1. The molecule has 0 aromatic heterocycles. The number of phenolic OH excluding ortho intramolecular Hbond substituents is 3. The molecule has 127 heavy (non-hydrogen) atoms. The number of hydrogen-bond acceptors (Lipinski definition) is 28. The van der Waals surface area contributed by atoms with Crippen molar-refractivity contribution in [1.29, 1.82) is 0 Å². The zero-order valence-electron chi connectivity index (χ0n) is 72.8. The van der Waals surface area contributed by atoms with Gasteiger partial charge in [-0.25, -0.2) is 4.79 Å². The van der Waals surface area contributed by atoms with Crippen LogP contribution in [-0.4, -0.2) is 271 Å². The molecule has 39 heteroatoms. The summed E-state index contributed by atoms with van der Waals surface area (Å²) in [6.45, 7) is 11.4. The van der Waals surface area contributed by atoms with Gasteiger partial charge in [-0.2, -0.15) is 0 Å². The number of primary amides is 1. The fourth-order valence-corrected chi connectivity index (χ4v) is 16.3. The standard InChI is InChI=1S/C88H122Cl2N12O25/c1-10-11-12-13-14-15-16-17-24-93-25-26-95-88(5)41-67(123-46(4)80(88)111)127-79-65(44-122-64(43-103)77(79)110)126-78-62-37-50-38-63(78)125-61-23-20-49(36-55(61)90)75(108)73-86(117)99-71(87(118)119)52-39-59(105)53(42-94-27-29-120-31-32-121-30-28-102(7,8)9)76(109)68(52)51-34-47(18-21-58(51)104)69(83(114)101-73)98-84(115)70(50)97-82(113)57(40-66(91)106)96-85(116)72(100-81(112)56(92-6)33-45(2)3)74(107)48-19-22-60(124-62)54(89)35-48/h18-23,34-39,45-46,56-57,64-65,67,69-75,77,79-80,92-95,103,107-108,110-111H,10-17,24-33,40-44H2,1-9H3,(H11-,91,96,97,98,99,100,101,104,105,106,109,112,113,114,115,116,117,118,119)/p+1/t46-,56+,57-,64+,65-,67?,69+,70+,71-,72+,73-,74+,75?,77-,79+,80+,88-/m0/s1. The van der Waals surface area contributed by atoms with Gasteiger partial charge in [-0.15, -0.1) is 0 Å². The summed E-state index contributed by atoms with van der Waals surface area (Å²) in [5.74, 6) is -15.3. The number of phenols is 3. The van der Waals surface area contributed by atoms with Gasteiger partial charge in [-0.1, -0.05) is 107 Å². The highest BCUT2D eigenvalue weighted by Gasteiger charge is 2.50. The van der Waals surface area contributed by atoms with Crippen LogP contribution < -0.4 is 73.1 Å². The topological polar surface area (TPSA) is 539 Å². The van der Waals surface area contributed by atoms with Crippen LogP contribution in [0.25, 0.3) is 11.1 Å². The largest absolute Gasteiger partial charge is 0.507 e. The van der Waals surface area contributed by atoms with E-state index in [0.717, 1.165) is 74.8 Å². The monoisotopic (exact) mass is 1820 g/mol. The third kappa shape index (κ3) is 26.0. The lowest BCUT2D eigenvalue weighted by Crippen LogP contribution is -2.65. The summed E-state index contributed by atoms with van der Waals surface area (Å²) in [6.07, 6.45) is -5.29. The predicted molar refractivity (Wildman–Crippen MR) is 464 cm³/mol. The maximum absolute atomic E-state index is 16.5. The molecule has 2 unspecified atom stereocenters. The van der Waals surface area contributed by atoms with Crippen molar-refractivity contribution >= 4 is 70.5 Å². The van der Waals surface area contributed by atoms with Gasteiger partial charge in [-0.05, 0) is 123 Å². The Morgan fingerprint density at radius 2 is 1.31 bits per heavy atom. The van der Waals surface area contributed by atoms with E-state index >= 15 is 24.0 Å². The molecule has 11 bridgehead atoms. The second-order valence-corrected chi connectivity index (χ2v) is 35.1. The average molecular weight is 1820 g/mol. The Morgan fingerprint density at radius 3 is 1.93 bits per heavy atom. The van der Waals surface area contributed by atoms with E-state index in [4.69, 9.17) is 66.8 Å². The number of fused-ring (bicyclic) bond motifs is 15. The van der Waals surface area contributed by atoms with Crippen molar-refractivity contribution in [3.63, 3.8) is 0 Å². The number of rotatable bonds is 37. The summed E-state index contributed by atoms with van der Waals surface area (Å²) in [4.78, 5) is 120. The number of amides is 7. The Hall–Kier alpha value is -9.36. The van der Waals surface area contributed by atoms with Crippen LogP contribution in [0.4, 0.5) is 0 Å². The molecule has 7 heterocycles. The van der Waals surface area contributed by atoms with Crippen LogP contribution in [0.3, 0.4) is 0 Å². The van der Waals surface area contributed by atoms with Crippen LogP contribution in [0.2, 0.25) is 10.0 Å². The Bertz CT molecular complexity index is 4660. The molecule has 7 aliphatic rings. The number of aliphatic hydroxyl groups is 5. The minimum absolute atomic E-state index is 0.0269. The second kappa shape index (κ2) is 45.8. The summed E-state index contributed by atoms with van der Waals surface area (Å²) in [5, 5.41) is 135. The summed E-state index contributed by atoms with van der Waals surface area (Å²) < 4.78 is 52.0. The normalized spacial score (nSPS) is 25.4. The smallest absolute Gasteiger partial charge is 0.330 e. The number of hydrogen-bond donors (Lipinski definition) is 20. The number of likely N-dealkylation sites (N-methyl/N-ethyl adjacent to an activating group) is 2. The molecule has 7 amide bonds.